The standard InChI is InChI=1S/C32H41F5O/c1-3-4-5-22-6-10-24(11-7-22)21(2)18-23-8-12-25(13-9-23)26-14-16-27(17-15-26)28-19-29(33)31(30(34)20-28)38-32(35,36)37/h14-17,19-25H,3-13,18H2,1-2H3. The molecule has 4 rings (SSSR count). The zero-order valence-corrected chi connectivity index (χ0v) is 22.6. The number of benzene rings is 2. The Bertz CT molecular complexity index is 992. The van der Waals surface area contributed by atoms with Gasteiger partial charge in [0.1, 0.15) is 0 Å². The molecule has 0 amide bonds. The van der Waals surface area contributed by atoms with Crippen LogP contribution in [0.25, 0.3) is 11.1 Å². The van der Waals surface area contributed by atoms with Gasteiger partial charge in [0.25, 0.3) is 0 Å². The molecule has 2 aromatic rings. The Morgan fingerprint density at radius 1 is 0.816 bits per heavy atom. The molecule has 0 aromatic heterocycles. The van der Waals surface area contributed by atoms with Crippen LogP contribution in [-0.4, -0.2) is 6.36 Å². The van der Waals surface area contributed by atoms with E-state index in [2.05, 4.69) is 18.6 Å². The topological polar surface area (TPSA) is 9.23 Å². The maximum atomic E-state index is 14.1. The van der Waals surface area contributed by atoms with Gasteiger partial charge in [-0.05, 0) is 103 Å². The first-order chi connectivity index (χ1) is 18.1. The van der Waals surface area contributed by atoms with Crippen LogP contribution < -0.4 is 4.74 Å². The highest BCUT2D eigenvalue weighted by Gasteiger charge is 2.34. The Balaban J connectivity index is 1.27. The van der Waals surface area contributed by atoms with Crippen molar-refractivity contribution >= 4 is 0 Å². The van der Waals surface area contributed by atoms with Gasteiger partial charge >= 0.3 is 6.36 Å². The lowest BCUT2D eigenvalue weighted by molar-refractivity contribution is -0.276. The number of rotatable bonds is 9. The number of hydrogen-bond donors (Lipinski definition) is 0. The van der Waals surface area contributed by atoms with Crippen molar-refractivity contribution in [1.82, 2.24) is 0 Å². The molecule has 0 radical (unpaired) electrons. The van der Waals surface area contributed by atoms with E-state index in [1.54, 1.807) is 12.1 Å². The molecular formula is C32H41F5O. The predicted octanol–water partition coefficient (Wildman–Crippen LogP) is 10.8. The lowest BCUT2D eigenvalue weighted by Crippen LogP contribution is -2.23. The molecule has 1 atom stereocenters. The third kappa shape index (κ3) is 7.72. The fraction of sp³-hybridized carbons (Fsp3) is 0.625. The van der Waals surface area contributed by atoms with Crippen molar-refractivity contribution in [3.05, 3.63) is 53.6 Å². The van der Waals surface area contributed by atoms with Crippen LogP contribution in [0, 0.1) is 35.3 Å². The van der Waals surface area contributed by atoms with Crippen molar-refractivity contribution < 1.29 is 26.7 Å². The minimum atomic E-state index is -5.16. The molecule has 0 aliphatic heterocycles. The van der Waals surface area contributed by atoms with E-state index in [9.17, 15) is 22.0 Å². The van der Waals surface area contributed by atoms with Gasteiger partial charge in [-0.15, -0.1) is 13.2 Å². The van der Waals surface area contributed by atoms with Gasteiger partial charge in [0.2, 0.25) is 5.75 Å². The molecule has 0 spiro atoms. The van der Waals surface area contributed by atoms with Gasteiger partial charge in [-0.3, -0.25) is 0 Å². The molecule has 0 heterocycles. The van der Waals surface area contributed by atoms with Crippen LogP contribution in [0.5, 0.6) is 5.75 Å². The molecule has 2 aromatic carbocycles. The predicted molar refractivity (Wildman–Crippen MR) is 142 cm³/mol. The molecular weight excluding hydrogens is 495 g/mol. The van der Waals surface area contributed by atoms with Crippen molar-refractivity contribution in [2.24, 2.45) is 23.7 Å². The van der Waals surface area contributed by atoms with Gasteiger partial charge < -0.3 is 4.74 Å². The van der Waals surface area contributed by atoms with Crippen LogP contribution in [0.4, 0.5) is 22.0 Å². The third-order valence-electron chi connectivity index (χ3n) is 9.15. The second-order valence-corrected chi connectivity index (χ2v) is 11.8. The van der Waals surface area contributed by atoms with Gasteiger partial charge in [-0.25, -0.2) is 8.78 Å². The highest BCUT2D eigenvalue weighted by molar-refractivity contribution is 5.65. The Kier molecular flexibility index (Phi) is 9.75. The van der Waals surface area contributed by atoms with Crippen LogP contribution in [0.15, 0.2) is 36.4 Å². The van der Waals surface area contributed by atoms with Gasteiger partial charge in [-0.2, -0.15) is 0 Å². The van der Waals surface area contributed by atoms with E-state index >= 15 is 0 Å². The first kappa shape index (κ1) is 28.9. The highest BCUT2D eigenvalue weighted by Crippen LogP contribution is 2.43. The quantitative estimate of drug-likeness (QED) is 0.290. The molecule has 2 saturated carbocycles. The van der Waals surface area contributed by atoms with E-state index < -0.39 is 23.7 Å². The van der Waals surface area contributed by atoms with Crippen molar-refractivity contribution in [1.29, 1.82) is 0 Å². The zero-order chi connectivity index (χ0) is 27.3. The minimum Gasteiger partial charge on any atom is -0.399 e. The monoisotopic (exact) mass is 536 g/mol. The molecule has 210 valence electrons. The van der Waals surface area contributed by atoms with E-state index in [0.717, 1.165) is 48.6 Å². The van der Waals surface area contributed by atoms with Crippen molar-refractivity contribution in [2.45, 2.75) is 103 Å². The highest BCUT2D eigenvalue weighted by atomic mass is 19.4. The second-order valence-electron chi connectivity index (χ2n) is 11.8. The van der Waals surface area contributed by atoms with E-state index in [0.29, 0.717) is 11.5 Å². The zero-order valence-electron chi connectivity index (χ0n) is 22.6. The number of halogens is 5. The van der Waals surface area contributed by atoms with E-state index in [1.165, 1.54) is 69.8 Å². The third-order valence-corrected chi connectivity index (χ3v) is 9.15. The summed E-state index contributed by atoms with van der Waals surface area (Å²) in [5.74, 6) is -0.262. The Hall–Kier alpha value is -2.11. The van der Waals surface area contributed by atoms with Crippen molar-refractivity contribution in [3.8, 4) is 16.9 Å². The molecule has 38 heavy (non-hydrogen) atoms. The summed E-state index contributed by atoms with van der Waals surface area (Å²) in [5.41, 5.74) is 1.94. The fourth-order valence-electron chi connectivity index (χ4n) is 6.88. The summed E-state index contributed by atoms with van der Waals surface area (Å²) in [7, 11) is 0. The van der Waals surface area contributed by atoms with Gasteiger partial charge in [0, 0.05) is 0 Å². The summed E-state index contributed by atoms with van der Waals surface area (Å²) >= 11 is 0. The fourth-order valence-corrected chi connectivity index (χ4v) is 6.88. The van der Waals surface area contributed by atoms with Crippen LogP contribution >= 0.6 is 0 Å². The normalized spacial score (nSPS) is 25.2. The summed E-state index contributed by atoms with van der Waals surface area (Å²) in [6, 6.07) is 9.30. The van der Waals surface area contributed by atoms with Crippen LogP contribution in [0.3, 0.4) is 0 Å². The van der Waals surface area contributed by atoms with Crippen LogP contribution in [0.1, 0.15) is 102 Å². The summed E-state index contributed by atoms with van der Waals surface area (Å²) in [6.07, 6.45) is 10.7. The summed E-state index contributed by atoms with van der Waals surface area (Å²) in [5, 5.41) is 0. The van der Waals surface area contributed by atoms with Gasteiger partial charge in [0.15, 0.2) is 11.6 Å². The molecule has 0 saturated heterocycles. The van der Waals surface area contributed by atoms with E-state index in [4.69, 9.17) is 0 Å². The summed E-state index contributed by atoms with van der Waals surface area (Å²) in [4.78, 5) is 0. The number of unbranched alkanes of at least 4 members (excludes halogenated alkanes) is 1. The van der Waals surface area contributed by atoms with Crippen molar-refractivity contribution in [3.63, 3.8) is 0 Å². The Morgan fingerprint density at radius 2 is 1.39 bits per heavy atom. The molecule has 0 bridgehead atoms. The largest absolute Gasteiger partial charge is 0.573 e. The van der Waals surface area contributed by atoms with Crippen LogP contribution in [0.2, 0.25) is 0 Å². The van der Waals surface area contributed by atoms with Crippen molar-refractivity contribution in [2.75, 3.05) is 0 Å². The average Bonchev–Trinajstić information content (AvgIpc) is 2.90. The summed E-state index contributed by atoms with van der Waals surface area (Å²) < 4.78 is 69.0. The Morgan fingerprint density at radius 3 is 1.95 bits per heavy atom. The molecule has 2 aliphatic rings. The average molecular weight is 537 g/mol. The first-order valence-electron chi connectivity index (χ1n) is 14.5. The van der Waals surface area contributed by atoms with Gasteiger partial charge in [-0.1, -0.05) is 70.2 Å². The number of hydrogen-bond acceptors (Lipinski definition) is 1. The minimum absolute atomic E-state index is 0.179. The second kappa shape index (κ2) is 12.8. The van der Waals surface area contributed by atoms with Gasteiger partial charge in [0.05, 0.1) is 0 Å². The molecule has 6 heteroatoms. The molecule has 2 fully saturated rings. The SMILES string of the molecule is CCCCC1CCC(C(C)CC2CCC(c3ccc(-c4cc(F)c(OC(F)(F)F)c(F)c4)cc3)CC2)CC1. The smallest absolute Gasteiger partial charge is 0.399 e. The molecule has 2 aliphatic carbocycles. The van der Waals surface area contributed by atoms with E-state index in [1.807, 2.05) is 12.1 Å². The summed E-state index contributed by atoms with van der Waals surface area (Å²) in [6.45, 7) is 4.75. The maximum Gasteiger partial charge on any atom is 0.573 e. The first-order valence-corrected chi connectivity index (χ1v) is 14.5. The maximum absolute atomic E-state index is 14.1. The van der Waals surface area contributed by atoms with Crippen LogP contribution in [-0.2, 0) is 0 Å². The number of alkyl halides is 3. The molecule has 0 N–H and O–H groups in total. The van der Waals surface area contributed by atoms with E-state index in [-0.39, 0.29) is 5.56 Å². The lowest BCUT2D eigenvalue weighted by Gasteiger charge is -2.36. The number of ether oxygens (including phenoxy) is 1. The lowest BCUT2D eigenvalue weighted by atomic mass is 9.70. The Labute approximate surface area is 224 Å². The molecule has 1 nitrogen and oxygen atoms in total. The molecule has 1 unspecified atom stereocenters.